The van der Waals surface area contributed by atoms with Crippen LogP contribution in [0.5, 0.6) is 0 Å². The molecular weight excluding hydrogens is 422 g/mol. The molecule has 1 fully saturated rings. The number of nitrogens with zero attached hydrogens (tertiary/aromatic N) is 4. The van der Waals surface area contributed by atoms with Crippen LogP contribution in [0.1, 0.15) is 33.6 Å². The van der Waals surface area contributed by atoms with Gasteiger partial charge in [-0.15, -0.1) is 0 Å². The molecule has 2 amide bonds. The Morgan fingerprint density at radius 2 is 1.94 bits per heavy atom. The topological polar surface area (TPSA) is 98.1 Å². The zero-order valence-electron chi connectivity index (χ0n) is 19.4. The van der Waals surface area contributed by atoms with Crippen LogP contribution in [-0.2, 0) is 14.3 Å². The van der Waals surface area contributed by atoms with Gasteiger partial charge in [-0.3, -0.25) is 14.1 Å². The number of imidazole rings is 1. The Balaban J connectivity index is 1.58. The zero-order valence-corrected chi connectivity index (χ0v) is 19.4. The van der Waals surface area contributed by atoms with Gasteiger partial charge in [0.25, 0.3) is 0 Å². The fraction of sp³-hybridized carbons (Fsp3) is 0.417. The minimum absolute atomic E-state index is 0.0395. The van der Waals surface area contributed by atoms with Crippen LogP contribution in [-0.4, -0.2) is 52.2 Å². The van der Waals surface area contributed by atoms with Gasteiger partial charge in [0, 0.05) is 32.4 Å². The first kappa shape index (κ1) is 22.7. The Labute approximate surface area is 192 Å². The number of rotatable bonds is 4. The van der Waals surface area contributed by atoms with Crippen molar-refractivity contribution in [1.29, 1.82) is 0 Å². The molecule has 33 heavy (non-hydrogen) atoms. The number of carbonyl (C=O) groups is 2. The third kappa shape index (κ3) is 5.31. The summed E-state index contributed by atoms with van der Waals surface area (Å²) in [6, 6.07) is 9.12. The van der Waals surface area contributed by atoms with Gasteiger partial charge in [-0.2, -0.15) is 0 Å². The van der Waals surface area contributed by atoms with Crippen molar-refractivity contribution in [2.75, 3.05) is 30.5 Å². The van der Waals surface area contributed by atoms with Crippen LogP contribution in [0.4, 0.5) is 16.3 Å². The quantitative estimate of drug-likeness (QED) is 0.640. The summed E-state index contributed by atoms with van der Waals surface area (Å²) in [5, 5.41) is 2.92. The predicted octanol–water partition coefficient (Wildman–Crippen LogP) is 4.13. The Kier molecular flexibility index (Phi) is 6.33. The van der Waals surface area contributed by atoms with Gasteiger partial charge >= 0.3 is 6.09 Å². The maximum Gasteiger partial charge on any atom is 0.414 e. The van der Waals surface area contributed by atoms with Crippen LogP contribution in [0, 0.1) is 5.92 Å². The number of pyridine rings is 2. The lowest BCUT2D eigenvalue weighted by molar-refractivity contribution is -0.122. The van der Waals surface area contributed by atoms with Crippen LogP contribution in [0.25, 0.3) is 17.0 Å². The van der Waals surface area contributed by atoms with Gasteiger partial charge in [0.05, 0.1) is 23.3 Å². The summed E-state index contributed by atoms with van der Waals surface area (Å²) in [6.07, 6.45) is 4.52. The molecule has 3 aromatic rings. The average molecular weight is 452 g/mol. The van der Waals surface area contributed by atoms with Gasteiger partial charge in [0.2, 0.25) is 5.91 Å². The number of amides is 2. The molecule has 4 rings (SSSR count). The number of ether oxygens (including phenoxy) is 2. The summed E-state index contributed by atoms with van der Waals surface area (Å²) in [5.41, 5.74) is 2.18. The second-order valence-corrected chi connectivity index (χ2v) is 9.08. The van der Waals surface area contributed by atoms with Crippen molar-refractivity contribution in [3.8, 4) is 11.4 Å². The van der Waals surface area contributed by atoms with Crippen molar-refractivity contribution >= 4 is 29.2 Å². The van der Waals surface area contributed by atoms with Crippen LogP contribution in [0.3, 0.4) is 0 Å². The Morgan fingerprint density at radius 3 is 2.67 bits per heavy atom. The van der Waals surface area contributed by atoms with E-state index in [2.05, 4.69) is 15.3 Å². The minimum Gasteiger partial charge on any atom is -0.443 e. The van der Waals surface area contributed by atoms with E-state index in [1.807, 2.05) is 55.6 Å². The first-order valence-electron chi connectivity index (χ1n) is 11.0. The molecule has 0 bridgehead atoms. The molecule has 0 spiro atoms. The molecule has 0 atom stereocenters. The summed E-state index contributed by atoms with van der Waals surface area (Å²) in [7, 11) is 1.66. The van der Waals surface area contributed by atoms with E-state index in [4.69, 9.17) is 9.47 Å². The maximum atomic E-state index is 12.6. The van der Waals surface area contributed by atoms with Crippen molar-refractivity contribution in [3.05, 3.63) is 42.7 Å². The second-order valence-electron chi connectivity index (χ2n) is 9.08. The Morgan fingerprint density at radius 1 is 1.18 bits per heavy atom. The molecule has 174 valence electrons. The van der Waals surface area contributed by atoms with E-state index in [-0.39, 0.29) is 11.8 Å². The fourth-order valence-electron chi connectivity index (χ4n) is 3.63. The van der Waals surface area contributed by atoms with E-state index in [0.29, 0.717) is 48.9 Å². The van der Waals surface area contributed by atoms with Gasteiger partial charge < -0.3 is 14.8 Å². The van der Waals surface area contributed by atoms with Gasteiger partial charge in [-0.05, 0) is 57.9 Å². The summed E-state index contributed by atoms with van der Waals surface area (Å²) >= 11 is 0. The third-order valence-electron chi connectivity index (χ3n) is 5.40. The van der Waals surface area contributed by atoms with Crippen LogP contribution >= 0.6 is 0 Å². The van der Waals surface area contributed by atoms with Crippen LogP contribution in [0.15, 0.2) is 42.7 Å². The standard InChI is InChI=1S/C24H29N5O4/c1-24(2,3)33-23(31)28(4)17-8-9-21-25-14-19(29(21)15-17)18-6-5-7-20(26-18)27-22(30)16-10-12-32-13-11-16/h5-9,14-16H,10-13H2,1-4H3,(H,26,27,30). The highest BCUT2D eigenvalue weighted by molar-refractivity contribution is 5.92. The smallest absolute Gasteiger partial charge is 0.414 e. The van der Waals surface area contributed by atoms with Crippen molar-refractivity contribution in [2.24, 2.45) is 5.92 Å². The largest absolute Gasteiger partial charge is 0.443 e. The first-order valence-corrected chi connectivity index (χ1v) is 11.0. The molecule has 0 radical (unpaired) electrons. The van der Waals surface area contributed by atoms with Gasteiger partial charge in [0.1, 0.15) is 17.1 Å². The summed E-state index contributed by atoms with van der Waals surface area (Å²) in [6.45, 7) is 6.70. The molecule has 1 aliphatic heterocycles. The number of anilines is 2. The van der Waals surface area contributed by atoms with Gasteiger partial charge in [-0.1, -0.05) is 6.07 Å². The zero-order chi connectivity index (χ0) is 23.6. The van der Waals surface area contributed by atoms with E-state index in [1.165, 1.54) is 4.90 Å². The maximum absolute atomic E-state index is 12.6. The minimum atomic E-state index is -0.588. The number of aromatic nitrogens is 3. The Bertz CT molecular complexity index is 1160. The van der Waals surface area contributed by atoms with E-state index in [1.54, 1.807) is 19.3 Å². The summed E-state index contributed by atoms with van der Waals surface area (Å²) < 4.78 is 12.7. The lowest BCUT2D eigenvalue weighted by atomic mass is 9.99. The molecular formula is C24H29N5O4. The van der Waals surface area contributed by atoms with Gasteiger partial charge in [0.15, 0.2) is 0 Å². The average Bonchev–Trinajstić information content (AvgIpc) is 3.21. The molecule has 3 aromatic heterocycles. The van der Waals surface area contributed by atoms with Crippen molar-refractivity contribution in [2.45, 2.75) is 39.2 Å². The number of fused-ring (bicyclic) bond motifs is 1. The van der Waals surface area contributed by atoms with Crippen LogP contribution < -0.4 is 10.2 Å². The van der Waals surface area contributed by atoms with Gasteiger partial charge in [-0.25, -0.2) is 14.8 Å². The molecule has 1 saturated heterocycles. The molecule has 0 aliphatic carbocycles. The molecule has 1 aliphatic rings. The lowest BCUT2D eigenvalue weighted by Gasteiger charge is -2.24. The summed E-state index contributed by atoms with van der Waals surface area (Å²) in [4.78, 5) is 35.6. The monoisotopic (exact) mass is 451 g/mol. The predicted molar refractivity (Wildman–Crippen MR) is 125 cm³/mol. The molecule has 1 N–H and O–H groups in total. The van der Waals surface area contributed by atoms with E-state index in [0.717, 1.165) is 5.69 Å². The molecule has 0 unspecified atom stereocenters. The van der Waals surface area contributed by atoms with Crippen molar-refractivity contribution < 1.29 is 19.1 Å². The molecule has 9 nitrogen and oxygen atoms in total. The lowest BCUT2D eigenvalue weighted by Crippen LogP contribution is -2.34. The molecule has 9 heteroatoms. The number of hydrogen-bond donors (Lipinski definition) is 1. The highest BCUT2D eigenvalue weighted by Crippen LogP contribution is 2.25. The highest BCUT2D eigenvalue weighted by atomic mass is 16.6. The second kappa shape index (κ2) is 9.19. The summed E-state index contributed by atoms with van der Waals surface area (Å²) in [5.74, 6) is 0.384. The highest BCUT2D eigenvalue weighted by Gasteiger charge is 2.23. The third-order valence-corrected chi connectivity index (χ3v) is 5.40. The van der Waals surface area contributed by atoms with Crippen molar-refractivity contribution in [3.63, 3.8) is 0 Å². The molecule has 0 aromatic carbocycles. The fourth-order valence-corrected chi connectivity index (χ4v) is 3.63. The van der Waals surface area contributed by atoms with E-state index >= 15 is 0 Å². The molecule has 0 saturated carbocycles. The van der Waals surface area contributed by atoms with E-state index < -0.39 is 11.7 Å². The van der Waals surface area contributed by atoms with Crippen molar-refractivity contribution in [1.82, 2.24) is 14.4 Å². The Hall–Kier alpha value is -3.46. The normalized spacial score (nSPS) is 14.8. The van der Waals surface area contributed by atoms with E-state index in [9.17, 15) is 9.59 Å². The number of nitrogens with one attached hydrogen (secondary N) is 1. The number of carbonyl (C=O) groups excluding carboxylic acids is 2. The SMILES string of the molecule is CN(C(=O)OC(C)(C)C)c1ccc2ncc(-c3cccc(NC(=O)C4CCOCC4)n3)n2c1. The molecule has 4 heterocycles. The van der Waals surface area contributed by atoms with Crippen LogP contribution in [0.2, 0.25) is 0 Å². The first-order chi connectivity index (χ1) is 15.7. The number of hydrogen-bond acceptors (Lipinski definition) is 6.